The minimum Gasteiger partial charge on any atom is -0.335 e. The van der Waals surface area contributed by atoms with Crippen LogP contribution in [0.15, 0.2) is 59.1 Å². The summed E-state index contributed by atoms with van der Waals surface area (Å²) in [5, 5.41) is 4.55. The molecule has 0 saturated carbocycles. The van der Waals surface area contributed by atoms with E-state index in [0.717, 1.165) is 17.7 Å². The molecule has 3 heterocycles. The molecule has 1 aliphatic rings. The molecule has 0 radical (unpaired) electrons. The largest absolute Gasteiger partial charge is 0.335 e. The second-order valence-electron chi connectivity index (χ2n) is 7.34. The van der Waals surface area contributed by atoms with Gasteiger partial charge in [0.05, 0.1) is 22.3 Å². The first-order chi connectivity index (χ1) is 14.0. The Morgan fingerprint density at radius 2 is 1.93 bits per heavy atom. The van der Waals surface area contributed by atoms with E-state index < -0.39 is 5.82 Å². The molecule has 5 nitrogen and oxygen atoms in total. The summed E-state index contributed by atoms with van der Waals surface area (Å²) in [6, 6.07) is 15.9. The predicted octanol–water partition coefficient (Wildman–Crippen LogP) is 4.93. The molecule has 6 heteroatoms. The van der Waals surface area contributed by atoms with Crippen molar-refractivity contribution in [3.8, 4) is 11.3 Å². The van der Waals surface area contributed by atoms with Gasteiger partial charge in [0.15, 0.2) is 0 Å². The Labute approximate surface area is 166 Å². The number of pyridine rings is 1. The van der Waals surface area contributed by atoms with Crippen molar-refractivity contribution in [2.75, 3.05) is 4.90 Å². The number of carbonyl (C=O) groups is 1. The quantitative estimate of drug-likeness (QED) is 0.489. The predicted molar refractivity (Wildman–Crippen MR) is 108 cm³/mol. The number of halogens is 1. The van der Waals surface area contributed by atoms with Crippen LogP contribution in [0.3, 0.4) is 0 Å². The van der Waals surface area contributed by atoms with Crippen LogP contribution < -0.4 is 4.90 Å². The van der Waals surface area contributed by atoms with Crippen LogP contribution >= 0.6 is 0 Å². The molecule has 0 unspecified atom stereocenters. The van der Waals surface area contributed by atoms with Crippen LogP contribution in [-0.2, 0) is 6.42 Å². The highest BCUT2D eigenvalue weighted by Gasteiger charge is 2.33. The van der Waals surface area contributed by atoms with E-state index in [1.807, 2.05) is 31.2 Å². The summed E-state index contributed by atoms with van der Waals surface area (Å²) < 4.78 is 19.7. The van der Waals surface area contributed by atoms with Gasteiger partial charge < -0.3 is 9.42 Å². The number of nitrogens with zero attached hydrogens (tertiary/aromatic N) is 3. The van der Waals surface area contributed by atoms with Crippen LogP contribution in [0.4, 0.5) is 10.1 Å². The molecule has 0 saturated heterocycles. The maximum absolute atomic E-state index is 14.4. The third-order valence-corrected chi connectivity index (χ3v) is 5.42. The maximum atomic E-state index is 14.4. The van der Waals surface area contributed by atoms with Crippen LogP contribution in [0, 0.1) is 12.7 Å². The number of benzene rings is 2. The Hall–Kier alpha value is -3.54. The van der Waals surface area contributed by atoms with Crippen molar-refractivity contribution in [1.29, 1.82) is 0 Å². The van der Waals surface area contributed by atoms with Gasteiger partial charge in [0.2, 0.25) is 0 Å². The first-order valence-corrected chi connectivity index (χ1v) is 9.48. The summed E-state index contributed by atoms with van der Waals surface area (Å²) in [5.41, 5.74) is 3.91. The molecule has 0 N–H and O–H groups in total. The third-order valence-electron chi connectivity index (χ3n) is 5.42. The van der Waals surface area contributed by atoms with Crippen LogP contribution in [0.1, 0.15) is 28.5 Å². The molecule has 0 bridgehead atoms. The second-order valence-corrected chi connectivity index (χ2v) is 7.34. The minimum absolute atomic E-state index is 0.0141. The van der Waals surface area contributed by atoms with Crippen molar-refractivity contribution in [3.63, 3.8) is 0 Å². The number of hydrogen-bond acceptors (Lipinski definition) is 4. The number of carbonyl (C=O) groups excluding carboxylic acids is 1. The van der Waals surface area contributed by atoms with Crippen molar-refractivity contribution in [2.24, 2.45) is 0 Å². The van der Waals surface area contributed by atoms with Crippen molar-refractivity contribution in [3.05, 3.63) is 77.2 Å². The average molecular weight is 387 g/mol. The molecule has 4 aromatic rings. The molecular weight excluding hydrogens is 369 g/mol. The lowest BCUT2D eigenvalue weighted by atomic mass is 10.0. The van der Waals surface area contributed by atoms with E-state index in [1.165, 1.54) is 6.07 Å². The van der Waals surface area contributed by atoms with Gasteiger partial charge in [0, 0.05) is 17.3 Å². The molecule has 0 fully saturated rings. The Kier molecular flexibility index (Phi) is 3.94. The Morgan fingerprint density at radius 1 is 1.17 bits per heavy atom. The average Bonchev–Trinajstić information content (AvgIpc) is 3.26. The van der Waals surface area contributed by atoms with Gasteiger partial charge >= 0.3 is 0 Å². The number of amides is 1. The zero-order chi connectivity index (χ0) is 20.1. The van der Waals surface area contributed by atoms with E-state index in [9.17, 15) is 9.18 Å². The Morgan fingerprint density at radius 3 is 2.76 bits per heavy atom. The lowest BCUT2D eigenvalue weighted by Gasteiger charge is -2.23. The number of anilines is 1. The van der Waals surface area contributed by atoms with Gasteiger partial charge in [-0.2, -0.15) is 0 Å². The smallest absolute Gasteiger partial charge is 0.259 e. The van der Waals surface area contributed by atoms with E-state index in [1.54, 1.807) is 36.1 Å². The van der Waals surface area contributed by atoms with Crippen molar-refractivity contribution >= 4 is 22.7 Å². The molecular formula is C23H18FN3O2. The highest BCUT2D eigenvalue weighted by Crippen LogP contribution is 2.35. The fourth-order valence-electron chi connectivity index (χ4n) is 4.08. The molecule has 1 amide bonds. The summed E-state index contributed by atoms with van der Waals surface area (Å²) >= 11 is 0. The number of aromatic nitrogens is 2. The zero-order valence-electron chi connectivity index (χ0n) is 16.0. The molecule has 2 aromatic carbocycles. The number of fused-ring (bicyclic) bond motifs is 2. The molecule has 0 aliphatic carbocycles. The van der Waals surface area contributed by atoms with E-state index in [2.05, 4.69) is 10.1 Å². The van der Waals surface area contributed by atoms with Gasteiger partial charge in [-0.1, -0.05) is 35.5 Å². The molecule has 144 valence electrons. The highest BCUT2D eigenvalue weighted by molar-refractivity contribution is 6.15. The zero-order valence-corrected chi connectivity index (χ0v) is 16.0. The first-order valence-electron chi connectivity index (χ1n) is 9.48. The van der Waals surface area contributed by atoms with Gasteiger partial charge in [0.1, 0.15) is 5.82 Å². The fourth-order valence-corrected chi connectivity index (χ4v) is 4.08. The van der Waals surface area contributed by atoms with Crippen LogP contribution in [0.5, 0.6) is 0 Å². The van der Waals surface area contributed by atoms with Crippen molar-refractivity contribution < 1.29 is 13.7 Å². The summed E-state index contributed by atoms with van der Waals surface area (Å²) in [5.74, 6) is -0.576. The topological polar surface area (TPSA) is 59.2 Å². The molecule has 29 heavy (non-hydrogen) atoms. The Balaban J connectivity index is 1.71. The normalized spacial score (nSPS) is 15.7. The molecule has 5 rings (SSSR count). The standard InChI is InChI=1S/C23H18FN3O2/c1-13-11-15-7-3-6-10-20(15)27(13)23(28)17-12-19(16-8-4-5-9-18(16)24)25-22-21(17)14(2)26-29-22/h3-10,12-13H,11H2,1-2H3/t13-/m0/s1. The van der Waals surface area contributed by atoms with E-state index in [-0.39, 0.29) is 17.7 Å². The van der Waals surface area contributed by atoms with E-state index in [4.69, 9.17) is 4.52 Å². The van der Waals surface area contributed by atoms with Gasteiger partial charge in [-0.3, -0.25) is 4.79 Å². The molecule has 0 spiro atoms. The lowest BCUT2D eigenvalue weighted by Crippen LogP contribution is -2.36. The number of aryl methyl sites for hydroxylation is 1. The Bertz CT molecular complexity index is 1260. The van der Waals surface area contributed by atoms with Crippen LogP contribution in [0.2, 0.25) is 0 Å². The molecule has 1 atom stereocenters. The van der Waals surface area contributed by atoms with Crippen LogP contribution in [0.25, 0.3) is 22.4 Å². The molecule has 1 aliphatic heterocycles. The minimum atomic E-state index is -0.408. The van der Waals surface area contributed by atoms with Gasteiger partial charge in [-0.25, -0.2) is 9.37 Å². The summed E-state index contributed by atoms with van der Waals surface area (Å²) in [6.45, 7) is 3.79. The second kappa shape index (κ2) is 6.51. The first kappa shape index (κ1) is 17.6. The number of para-hydroxylation sites is 1. The fraction of sp³-hybridized carbons (Fsp3) is 0.174. The summed E-state index contributed by atoms with van der Waals surface area (Å²) in [4.78, 5) is 19.9. The summed E-state index contributed by atoms with van der Waals surface area (Å²) in [7, 11) is 0. The van der Waals surface area contributed by atoms with Crippen molar-refractivity contribution in [1.82, 2.24) is 10.1 Å². The third kappa shape index (κ3) is 2.71. The van der Waals surface area contributed by atoms with Gasteiger partial charge in [-0.15, -0.1) is 0 Å². The number of hydrogen-bond donors (Lipinski definition) is 0. The monoisotopic (exact) mass is 387 g/mol. The molecule has 2 aromatic heterocycles. The van der Waals surface area contributed by atoms with Gasteiger partial charge in [-0.05, 0) is 50.1 Å². The summed E-state index contributed by atoms with van der Waals surface area (Å²) in [6.07, 6.45) is 0.791. The maximum Gasteiger partial charge on any atom is 0.259 e. The van der Waals surface area contributed by atoms with E-state index >= 15 is 0 Å². The van der Waals surface area contributed by atoms with E-state index in [0.29, 0.717) is 27.9 Å². The number of rotatable bonds is 2. The van der Waals surface area contributed by atoms with Gasteiger partial charge in [0.25, 0.3) is 11.6 Å². The SMILES string of the molecule is Cc1noc2nc(-c3ccccc3F)cc(C(=O)N3c4ccccc4C[C@@H]3C)c12. The highest BCUT2D eigenvalue weighted by atomic mass is 19.1. The lowest BCUT2D eigenvalue weighted by molar-refractivity contribution is 0.0983. The van der Waals surface area contributed by atoms with Crippen molar-refractivity contribution in [2.45, 2.75) is 26.3 Å². The van der Waals surface area contributed by atoms with Crippen LogP contribution in [-0.4, -0.2) is 22.1 Å².